The minimum atomic E-state index is -3.48. The minimum Gasteiger partial charge on any atom is -0.373 e. The van der Waals surface area contributed by atoms with E-state index in [0.717, 1.165) is 0 Å². The molecule has 1 atom stereocenters. The molecule has 0 rings (SSSR count). The summed E-state index contributed by atoms with van der Waals surface area (Å²) in [6.45, 7) is -0.531. The average molecular weight is 254 g/mol. The summed E-state index contributed by atoms with van der Waals surface area (Å²) < 4.78 is 14.8. The van der Waals surface area contributed by atoms with Crippen molar-refractivity contribution < 1.29 is 23.1 Å². The van der Waals surface area contributed by atoms with Gasteiger partial charge in [0.15, 0.2) is 0 Å². The van der Waals surface area contributed by atoms with E-state index in [-0.39, 0.29) is 6.42 Å². The Morgan fingerprint density at radius 3 is 1.81 bits per heavy atom. The predicted octanol–water partition coefficient (Wildman–Crippen LogP) is -0.284. The van der Waals surface area contributed by atoms with Crippen LogP contribution in [0.1, 0.15) is 6.42 Å². The van der Waals surface area contributed by atoms with E-state index < -0.39 is 30.9 Å². The van der Waals surface area contributed by atoms with Gasteiger partial charge in [-0.05, 0) is 0 Å². The van der Waals surface area contributed by atoms with E-state index in [1.807, 2.05) is 0 Å². The van der Waals surface area contributed by atoms with Crippen LogP contribution in [0.5, 0.6) is 0 Å². The molecule has 16 heavy (non-hydrogen) atoms. The van der Waals surface area contributed by atoms with Gasteiger partial charge >= 0.3 is 8.80 Å². The van der Waals surface area contributed by atoms with Crippen LogP contribution < -0.4 is 0 Å². The van der Waals surface area contributed by atoms with Crippen LogP contribution in [0.25, 0.3) is 0 Å². The maximum atomic E-state index is 10.8. The standard InChI is InChI=1S/C6H14N2O7Si/c1-13-16(14-2,15-3)6(8(11)12)4-5-7(9)10/h6H,4-5H2,1-3H3. The third kappa shape index (κ3) is 3.48. The number of hydrogen-bond acceptors (Lipinski definition) is 7. The predicted molar refractivity (Wildman–Crippen MR) is 54.0 cm³/mol. The maximum Gasteiger partial charge on any atom is 0.579 e. The monoisotopic (exact) mass is 254 g/mol. The van der Waals surface area contributed by atoms with Gasteiger partial charge in [-0.3, -0.25) is 20.2 Å². The van der Waals surface area contributed by atoms with E-state index in [2.05, 4.69) is 0 Å². The van der Waals surface area contributed by atoms with E-state index in [4.69, 9.17) is 13.3 Å². The highest BCUT2D eigenvalue weighted by Crippen LogP contribution is 2.17. The SMILES string of the molecule is CO[Si](OC)(OC)C(CC[N+](=O)[O-])[N+](=O)[O-]. The molecule has 0 aliphatic heterocycles. The van der Waals surface area contributed by atoms with E-state index >= 15 is 0 Å². The second-order valence-electron chi connectivity index (χ2n) is 2.86. The molecule has 9 nitrogen and oxygen atoms in total. The van der Waals surface area contributed by atoms with E-state index in [1.165, 1.54) is 21.3 Å². The van der Waals surface area contributed by atoms with Crippen LogP contribution in [0.4, 0.5) is 0 Å². The summed E-state index contributed by atoms with van der Waals surface area (Å²) in [5, 5.41) is 21.0. The molecule has 0 aromatic rings. The lowest BCUT2D eigenvalue weighted by Crippen LogP contribution is -2.58. The molecule has 10 heteroatoms. The molecule has 0 saturated carbocycles. The number of rotatable bonds is 8. The van der Waals surface area contributed by atoms with Crippen LogP contribution in [0.2, 0.25) is 0 Å². The summed E-state index contributed by atoms with van der Waals surface area (Å²) in [5.41, 5.74) is -1.34. The van der Waals surface area contributed by atoms with Crippen molar-refractivity contribution in [3.05, 3.63) is 20.2 Å². The topological polar surface area (TPSA) is 114 Å². The second-order valence-corrected chi connectivity index (χ2v) is 5.96. The Kier molecular flexibility index (Phi) is 6.03. The van der Waals surface area contributed by atoms with Crippen LogP contribution in [-0.2, 0) is 13.3 Å². The van der Waals surface area contributed by atoms with Crippen LogP contribution in [0, 0.1) is 20.2 Å². The van der Waals surface area contributed by atoms with Crippen LogP contribution in [-0.4, -0.2) is 52.2 Å². The molecule has 0 radical (unpaired) electrons. The first kappa shape index (κ1) is 14.9. The van der Waals surface area contributed by atoms with Gasteiger partial charge in [0.2, 0.25) is 6.54 Å². The van der Waals surface area contributed by atoms with Crippen molar-refractivity contribution in [2.24, 2.45) is 0 Å². The Bertz CT molecular complexity index is 249. The Balaban J connectivity index is 4.85. The van der Waals surface area contributed by atoms with Crippen molar-refractivity contribution in [1.82, 2.24) is 0 Å². The van der Waals surface area contributed by atoms with Gasteiger partial charge < -0.3 is 13.3 Å². The van der Waals surface area contributed by atoms with Gasteiger partial charge in [0.1, 0.15) is 0 Å². The van der Waals surface area contributed by atoms with Gasteiger partial charge in [-0.25, -0.2) is 0 Å². The lowest BCUT2D eigenvalue weighted by atomic mass is 10.4. The van der Waals surface area contributed by atoms with Gasteiger partial charge in [0.05, 0.1) is 6.42 Å². The average Bonchev–Trinajstić information content (AvgIpc) is 2.24. The van der Waals surface area contributed by atoms with Crippen molar-refractivity contribution in [3.63, 3.8) is 0 Å². The van der Waals surface area contributed by atoms with E-state index in [0.29, 0.717) is 0 Å². The quantitative estimate of drug-likeness (QED) is 0.332. The molecule has 0 N–H and O–H groups in total. The van der Waals surface area contributed by atoms with Crippen molar-refractivity contribution in [3.8, 4) is 0 Å². The zero-order valence-electron chi connectivity index (χ0n) is 9.24. The minimum absolute atomic E-state index is 0.290. The number of hydrogen-bond donors (Lipinski definition) is 0. The zero-order chi connectivity index (χ0) is 12.8. The molecule has 0 fully saturated rings. The molecule has 0 saturated heterocycles. The lowest BCUT2D eigenvalue weighted by molar-refractivity contribution is -0.530. The fourth-order valence-electron chi connectivity index (χ4n) is 1.30. The number of nitrogens with zero attached hydrogens (tertiary/aromatic N) is 2. The van der Waals surface area contributed by atoms with Crippen LogP contribution in [0.15, 0.2) is 0 Å². The van der Waals surface area contributed by atoms with Crippen LogP contribution >= 0.6 is 0 Å². The molecular formula is C6H14N2O7Si. The normalized spacial score (nSPS) is 13.4. The Hall–Kier alpha value is -1.10. The highest BCUT2D eigenvalue weighted by Gasteiger charge is 2.56. The van der Waals surface area contributed by atoms with Crippen LogP contribution in [0.3, 0.4) is 0 Å². The second kappa shape index (κ2) is 6.47. The molecule has 0 aliphatic rings. The molecule has 0 amide bonds. The van der Waals surface area contributed by atoms with Gasteiger partial charge in [-0.2, -0.15) is 0 Å². The molecule has 94 valence electrons. The first-order valence-corrected chi connectivity index (χ1v) is 6.14. The Morgan fingerprint density at radius 2 is 1.56 bits per heavy atom. The van der Waals surface area contributed by atoms with E-state index in [1.54, 1.807) is 0 Å². The van der Waals surface area contributed by atoms with Gasteiger partial charge in [-0.15, -0.1) is 0 Å². The maximum absolute atomic E-state index is 10.8. The fraction of sp³-hybridized carbons (Fsp3) is 1.00. The lowest BCUT2D eigenvalue weighted by Gasteiger charge is -2.25. The number of nitro groups is 2. The Labute approximate surface area is 93.0 Å². The largest absolute Gasteiger partial charge is 0.579 e. The molecule has 0 aromatic carbocycles. The van der Waals surface area contributed by atoms with Crippen molar-refractivity contribution in [1.29, 1.82) is 0 Å². The van der Waals surface area contributed by atoms with E-state index in [9.17, 15) is 20.2 Å². The summed E-state index contributed by atoms with van der Waals surface area (Å²) in [7, 11) is 0.192. The molecular weight excluding hydrogens is 240 g/mol. The summed E-state index contributed by atoms with van der Waals surface area (Å²) in [5.74, 6) is 0. The molecule has 0 bridgehead atoms. The summed E-state index contributed by atoms with van der Waals surface area (Å²) in [6, 6.07) is 0. The first-order chi connectivity index (χ1) is 7.43. The highest BCUT2D eigenvalue weighted by molar-refractivity contribution is 6.61. The molecule has 0 aliphatic carbocycles. The molecule has 1 unspecified atom stereocenters. The zero-order valence-corrected chi connectivity index (χ0v) is 10.2. The van der Waals surface area contributed by atoms with Gasteiger partial charge in [0.25, 0.3) is 5.67 Å². The summed E-state index contributed by atoms with van der Waals surface area (Å²) in [6.07, 6.45) is -0.290. The smallest absolute Gasteiger partial charge is 0.373 e. The molecule has 0 aromatic heterocycles. The molecule has 0 heterocycles. The van der Waals surface area contributed by atoms with Crippen molar-refractivity contribution >= 4 is 8.80 Å². The van der Waals surface area contributed by atoms with Gasteiger partial charge in [-0.1, -0.05) is 0 Å². The third-order valence-electron chi connectivity index (χ3n) is 2.10. The summed E-state index contributed by atoms with van der Waals surface area (Å²) >= 11 is 0. The molecule has 0 spiro atoms. The Morgan fingerprint density at radius 1 is 1.12 bits per heavy atom. The highest BCUT2D eigenvalue weighted by atomic mass is 28.4. The summed E-state index contributed by atoms with van der Waals surface area (Å²) in [4.78, 5) is 19.7. The van der Waals surface area contributed by atoms with Crippen molar-refractivity contribution in [2.75, 3.05) is 27.9 Å². The third-order valence-corrected chi connectivity index (χ3v) is 5.12. The van der Waals surface area contributed by atoms with Gasteiger partial charge in [0, 0.05) is 31.2 Å². The first-order valence-electron chi connectivity index (χ1n) is 4.34. The van der Waals surface area contributed by atoms with Crippen molar-refractivity contribution in [2.45, 2.75) is 12.1 Å². The fourth-order valence-corrected chi connectivity index (χ4v) is 3.35.